The molecule has 0 radical (unpaired) electrons. The predicted octanol–water partition coefficient (Wildman–Crippen LogP) is 3.16. The number of hydrogen-bond donors (Lipinski definition) is 0. The van der Waals surface area contributed by atoms with E-state index in [9.17, 15) is 4.39 Å². The molecule has 0 amide bonds. The lowest BCUT2D eigenvalue weighted by Gasteiger charge is -2.12. The molecule has 0 spiro atoms. The second-order valence-corrected chi connectivity index (χ2v) is 3.57. The first kappa shape index (κ1) is 10.4. The Bertz CT molecular complexity index is 293. The van der Waals surface area contributed by atoms with Gasteiger partial charge in [0.15, 0.2) is 5.75 Å². The van der Waals surface area contributed by atoms with Crippen molar-refractivity contribution in [2.75, 3.05) is 0 Å². The molecule has 1 aromatic heterocycles. The highest BCUT2D eigenvalue weighted by atomic mass is 79.9. The molecule has 0 N–H and O–H groups in total. The van der Waals surface area contributed by atoms with Crippen LogP contribution in [0.4, 0.5) is 4.39 Å². The molecule has 0 aliphatic rings. The third-order valence-electron chi connectivity index (χ3n) is 1.68. The zero-order valence-corrected chi connectivity index (χ0v) is 9.14. The summed E-state index contributed by atoms with van der Waals surface area (Å²) in [6.45, 7) is 3.87. The van der Waals surface area contributed by atoms with Crippen molar-refractivity contribution in [2.24, 2.45) is 0 Å². The van der Waals surface area contributed by atoms with E-state index in [0.29, 0.717) is 4.60 Å². The minimum absolute atomic E-state index is 0.0116. The SMILES string of the molecule is CC[C@H](C)Oc1ccc(Br)nc1F. The fourth-order valence-corrected chi connectivity index (χ4v) is 1.08. The molecule has 2 nitrogen and oxygen atoms in total. The molecule has 0 unspecified atom stereocenters. The van der Waals surface area contributed by atoms with Crippen LogP contribution in [-0.2, 0) is 0 Å². The first-order chi connectivity index (χ1) is 6.13. The van der Waals surface area contributed by atoms with Crippen LogP contribution in [0, 0.1) is 5.95 Å². The van der Waals surface area contributed by atoms with E-state index in [-0.39, 0.29) is 11.9 Å². The van der Waals surface area contributed by atoms with E-state index < -0.39 is 5.95 Å². The zero-order valence-electron chi connectivity index (χ0n) is 7.55. The smallest absolute Gasteiger partial charge is 0.256 e. The molecular weight excluding hydrogens is 237 g/mol. The predicted molar refractivity (Wildman–Crippen MR) is 52.3 cm³/mol. The van der Waals surface area contributed by atoms with E-state index in [1.165, 1.54) is 0 Å². The Balaban J connectivity index is 2.77. The van der Waals surface area contributed by atoms with Crippen LogP contribution in [0.25, 0.3) is 0 Å². The summed E-state index contributed by atoms with van der Waals surface area (Å²) in [6.07, 6.45) is 0.854. The second-order valence-electron chi connectivity index (χ2n) is 2.76. The molecule has 13 heavy (non-hydrogen) atoms. The van der Waals surface area contributed by atoms with Gasteiger partial charge in [-0.3, -0.25) is 0 Å². The van der Waals surface area contributed by atoms with Crippen LogP contribution in [0.5, 0.6) is 5.75 Å². The van der Waals surface area contributed by atoms with E-state index in [0.717, 1.165) is 6.42 Å². The fourth-order valence-electron chi connectivity index (χ4n) is 0.787. The Morgan fingerprint density at radius 3 is 2.85 bits per heavy atom. The Morgan fingerprint density at radius 1 is 1.62 bits per heavy atom. The maximum absolute atomic E-state index is 13.1. The van der Waals surface area contributed by atoms with Crippen molar-refractivity contribution in [1.29, 1.82) is 0 Å². The van der Waals surface area contributed by atoms with Crippen molar-refractivity contribution in [1.82, 2.24) is 4.98 Å². The normalized spacial score (nSPS) is 12.6. The zero-order chi connectivity index (χ0) is 9.84. The molecule has 0 fully saturated rings. The standard InChI is InChI=1S/C9H11BrFNO/c1-3-6(2)13-7-4-5-8(10)12-9(7)11/h4-6H,3H2,1-2H3/t6-/m0/s1. The third kappa shape index (κ3) is 2.95. The van der Waals surface area contributed by atoms with Crippen LogP contribution >= 0.6 is 15.9 Å². The first-order valence-electron chi connectivity index (χ1n) is 4.12. The van der Waals surface area contributed by atoms with Crippen LogP contribution in [0.15, 0.2) is 16.7 Å². The van der Waals surface area contributed by atoms with Crippen molar-refractivity contribution in [3.63, 3.8) is 0 Å². The molecule has 0 aromatic carbocycles. The minimum Gasteiger partial charge on any atom is -0.486 e. The molecule has 0 saturated heterocycles. The van der Waals surface area contributed by atoms with E-state index in [2.05, 4.69) is 20.9 Å². The third-order valence-corrected chi connectivity index (χ3v) is 2.13. The number of aromatic nitrogens is 1. The highest BCUT2D eigenvalue weighted by molar-refractivity contribution is 9.10. The molecule has 1 heterocycles. The highest BCUT2D eigenvalue weighted by Crippen LogP contribution is 2.19. The van der Waals surface area contributed by atoms with Gasteiger partial charge >= 0.3 is 0 Å². The Kier molecular flexibility index (Phi) is 3.66. The van der Waals surface area contributed by atoms with Gasteiger partial charge in [-0.2, -0.15) is 4.39 Å². The maximum Gasteiger partial charge on any atom is 0.256 e. The summed E-state index contributed by atoms with van der Waals surface area (Å²) in [4.78, 5) is 3.59. The van der Waals surface area contributed by atoms with Crippen LogP contribution in [0.2, 0.25) is 0 Å². The number of halogens is 2. The molecule has 72 valence electrons. The average molecular weight is 248 g/mol. The monoisotopic (exact) mass is 247 g/mol. The van der Waals surface area contributed by atoms with Crippen LogP contribution in [0.1, 0.15) is 20.3 Å². The lowest BCUT2D eigenvalue weighted by Crippen LogP contribution is -2.11. The van der Waals surface area contributed by atoms with Gasteiger partial charge in [0, 0.05) is 0 Å². The lowest BCUT2D eigenvalue weighted by atomic mass is 10.3. The summed E-state index contributed by atoms with van der Waals surface area (Å²) in [6, 6.07) is 3.22. The lowest BCUT2D eigenvalue weighted by molar-refractivity contribution is 0.205. The van der Waals surface area contributed by atoms with Crippen molar-refractivity contribution >= 4 is 15.9 Å². The van der Waals surface area contributed by atoms with Gasteiger partial charge in [-0.15, -0.1) is 0 Å². The molecule has 4 heteroatoms. The Labute approximate surface area is 85.3 Å². The molecule has 1 aromatic rings. The first-order valence-corrected chi connectivity index (χ1v) is 4.91. The molecule has 0 aliphatic carbocycles. The second kappa shape index (κ2) is 4.56. The summed E-state index contributed by atoms with van der Waals surface area (Å²) in [5.41, 5.74) is 0. The van der Waals surface area contributed by atoms with Crippen molar-refractivity contribution in [3.8, 4) is 5.75 Å². The number of pyridine rings is 1. The fraction of sp³-hybridized carbons (Fsp3) is 0.444. The van der Waals surface area contributed by atoms with Gasteiger partial charge in [0.2, 0.25) is 0 Å². The largest absolute Gasteiger partial charge is 0.486 e. The van der Waals surface area contributed by atoms with Crippen molar-refractivity contribution in [3.05, 3.63) is 22.7 Å². The molecule has 0 saturated carbocycles. The highest BCUT2D eigenvalue weighted by Gasteiger charge is 2.08. The molecule has 1 atom stereocenters. The number of rotatable bonds is 3. The van der Waals surface area contributed by atoms with Gasteiger partial charge < -0.3 is 4.74 Å². The van der Waals surface area contributed by atoms with Crippen LogP contribution in [-0.4, -0.2) is 11.1 Å². The van der Waals surface area contributed by atoms with E-state index in [1.54, 1.807) is 12.1 Å². The summed E-state index contributed by atoms with van der Waals surface area (Å²) in [5.74, 6) is -0.368. The summed E-state index contributed by atoms with van der Waals surface area (Å²) < 4.78 is 18.8. The van der Waals surface area contributed by atoms with Gasteiger partial charge in [0.05, 0.1) is 6.10 Å². The number of nitrogens with zero attached hydrogens (tertiary/aromatic N) is 1. The number of ether oxygens (including phenoxy) is 1. The van der Waals surface area contributed by atoms with Crippen molar-refractivity contribution in [2.45, 2.75) is 26.4 Å². The summed E-state index contributed by atoms with van der Waals surface area (Å²) >= 11 is 3.07. The van der Waals surface area contributed by atoms with Gasteiger partial charge in [-0.1, -0.05) is 6.92 Å². The topological polar surface area (TPSA) is 22.1 Å². The van der Waals surface area contributed by atoms with E-state index in [4.69, 9.17) is 4.74 Å². The van der Waals surface area contributed by atoms with Crippen LogP contribution < -0.4 is 4.74 Å². The van der Waals surface area contributed by atoms with Crippen LogP contribution in [0.3, 0.4) is 0 Å². The van der Waals surface area contributed by atoms with Gasteiger partial charge in [0.25, 0.3) is 5.95 Å². The van der Waals surface area contributed by atoms with Crippen molar-refractivity contribution < 1.29 is 9.13 Å². The minimum atomic E-state index is -0.574. The van der Waals surface area contributed by atoms with E-state index in [1.807, 2.05) is 13.8 Å². The van der Waals surface area contributed by atoms with Gasteiger partial charge in [0.1, 0.15) is 4.60 Å². The molecule has 0 bridgehead atoms. The summed E-state index contributed by atoms with van der Waals surface area (Å²) in [7, 11) is 0. The summed E-state index contributed by atoms with van der Waals surface area (Å²) in [5, 5.41) is 0. The quantitative estimate of drug-likeness (QED) is 0.766. The molecular formula is C9H11BrFNO. The molecule has 1 rings (SSSR count). The van der Waals surface area contributed by atoms with Gasteiger partial charge in [-0.05, 0) is 41.4 Å². The van der Waals surface area contributed by atoms with E-state index >= 15 is 0 Å². The average Bonchev–Trinajstić information content (AvgIpc) is 2.09. The maximum atomic E-state index is 13.1. The van der Waals surface area contributed by atoms with Gasteiger partial charge in [-0.25, -0.2) is 4.98 Å². The number of hydrogen-bond acceptors (Lipinski definition) is 2. The Hall–Kier alpha value is -0.640. The molecule has 0 aliphatic heterocycles. The Morgan fingerprint density at radius 2 is 2.31 bits per heavy atom.